The number of ether oxygens (including phenoxy) is 1. The van der Waals surface area contributed by atoms with Crippen molar-refractivity contribution in [1.29, 1.82) is 0 Å². The van der Waals surface area contributed by atoms with Crippen LogP contribution in [0, 0.1) is 0 Å². The van der Waals surface area contributed by atoms with E-state index in [1.54, 1.807) is 0 Å². The van der Waals surface area contributed by atoms with Gasteiger partial charge in [-0.2, -0.15) is 0 Å². The molecule has 24 heavy (non-hydrogen) atoms. The minimum absolute atomic E-state index is 0.121. The Morgan fingerprint density at radius 1 is 1.29 bits per heavy atom. The van der Waals surface area contributed by atoms with Gasteiger partial charge in [0.2, 0.25) is 11.8 Å². The Balaban J connectivity index is 1.86. The van der Waals surface area contributed by atoms with Crippen molar-refractivity contribution in [3.8, 4) is 0 Å². The van der Waals surface area contributed by atoms with Gasteiger partial charge in [-0.3, -0.25) is 14.4 Å². The molecule has 7 nitrogen and oxygen atoms in total. The number of carbonyl (C=O) groups excluding carboxylic acids is 2. The minimum Gasteiger partial charge on any atom is -0.481 e. The summed E-state index contributed by atoms with van der Waals surface area (Å²) < 4.78 is 5.23. The number of amides is 2. The lowest BCUT2D eigenvalue weighted by atomic mass is 10.1. The van der Waals surface area contributed by atoms with Crippen molar-refractivity contribution < 1.29 is 24.2 Å². The molecule has 1 fully saturated rings. The number of carboxylic acids is 1. The summed E-state index contributed by atoms with van der Waals surface area (Å²) in [6.07, 6.45) is 0.405. The fourth-order valence-electron chi connectivity index (χ4n) is 2.86. The lowest BCUT2D eigenvalue weighted by Gasteiger charge is -2.23. The summed E-state index contributed by atoms with van der Waals surface area (Å²) in [6, 6.07) is 8.85. The van der Waals surface area contributed by atoms with Gasteiger partial charge in [-0.15, -0.1) is 0 Å². The molecule has 2 amide bonds. The van der Waals surface area contributed by atoms with Crippen LogP contribution in [-0.2, 0) is 25.5 Å². The molecule has 2 N–H and O–H groups in total. The Bertz CT molecular complexity index is 590. The topological polar surface area (TPSA) is 95.9 Å². The standard InChI is InChI=1S/C17H22N2O5/c1-24-14-8-13(9-17(22)23)19(11-14)16(21)10-18-15(20)7-12-5-3-2-4-6-12/h2-6,13-14H,7-11H2,1H3,(H,18,20)(H,22,23). The van der Waals surface area contributed by atoms with Crippen LogP contribution >= 0.6 is 0 Å². The second kappa shape index (κ2) is 8.44. The van der Waals surface area contributed by atoms with E-state index in [-0.39, 0.29) is 37.3 Å². The molecule has 0 saturated carbocycles. The molecule has 130 valence electrons. The maximum absolute atomic E-state index is 12.3. The lowest BCUT2D eigenvalue weighted by Crippen LogP contribution is -2.43. The van der Waals surface area contributed by atoms with E-state index in [1.165, 1.54) is 12.0 Å². The Hall–Kier alpha value is -2.41. The van der Waals surface area contributed by atoms with Gasteiger partial charge in [0, 0.05) is 19.7 Å². The maximum atomic E-state index is 12.3. The molecule has 2 rings (SSSR count). The maximum Gasteiger partial charge on any atom is 0.305 e. The molecule has 1 aliphatic heterocycles. The van der Waals surface area contributed by atoms with E-state index in [1.807, 2.05) is 30.3 Å². The largest absolute Gasteiger partial charge is 0.481 e. The third-order valence-electron chi connectivity index (χ3n) is 4.08. The molecular weight excluding hydrogens is 312 g/mol. The average Bonchev–Trinajstić information content (AvgIpc) is 2.96. The van der Waals surface area contributed by atoms with Gasteiger partial charge in [-0.05, 0) is 12.0 Å². The van der Waals surface area contributed by atoms with Crippen molar-refractivity contribution in [1.82, 2.24) is 10.2 Å². The first-order valence-electron chi connectivity index (χ1n) is 7.84. The fourth-order valence-corrected chi connectivity index (χ4v) is 2.86. The molecule has 0 aromatic heterocycles. The van der Waals surface area contributed by atoms with Crippen LogP contribution in [0.5, 0.6) is 0 Å². The molecule has 1 aliphatic rings. The predicted molar refractivity (Wildman–Crippen MR) is 86.3 cm³/mol. The third kappa shape index (κ3) is 5.06. The highest BCUT2D eigenvalue weighted by molar-refractivity contribution is 5.86. The van der Waals surface area contributed by atoms with Crippen molar-refractivity contribution in [3.05, 3.63) is 35.9 Å². The van der Waals surface area contributed by atoms with Gasteiger partial charge < -0.3 is 20.1 Å². The zero-order valence-corrected chi connectivity index (χ0v) is 13.6. The van der Waals surface area contributed by atoms with E-state index in [9.17, 15) is 14.4 Å². The first-order chi connectivity index (χ1) is 11.5. The first-order valence-corrected chi connectivity index (χ1v) is 7.84. The molecule has 2 unspecified atom stereocenters. The second-order valence-electron chi connectivity index (χ2n) is 5.83. The predicted octanol–water partition coefficient (Wildman–Crippen LogP) is 0.436. The van der Waals surface area contributed by atoms with Gasteiger partial charge >= 0.3 is 5.97 Å². The van der Waals surface area contributed by atoms with Gasteiger partial charge in [-0.25, -0.2) is 0 Å². The molecule has 2 atom stereocenters. The van der Waals surface area contributed by atoms with Crippen LogP contribution in [0.2, 0.25) is 0 Å². The van der Waals surface area contributed by atoms with Crippen molar-refractivity contribution in [2.24, 2.45) is 0 Å². The number of nitrogens with one attached hydrogen (secondary N) is 1. The smallest absolute Gasteiger partial charge is 0.305 e. The van der Waals surface area contributed by atoms with Crippen LogP contribution in [0.3, 0.4) is 0 Å². The fraction of sp³-hybridized carbons (Fsp3) is 0.471. The van der Waals surface area contributed by atoms with Crippen molar-refractivity contribution in [2.45, 2.75) is 31.4 Å². The van der Waals surface area contributed by atoms with E-state index >= 15 is 0 Å². The van der Waals surface area contributed by atoms with Crippen LogP contribution in [0.1, 0.15) is 18.4 Å². The third-order valence-corrected chi connectivity index (χ3v) is 4.08. The molecule has 1 saturated heterocycles. The van der Waals surface area contributed by atoms with Gasteiger partial charge in [0.15, 0.2) is 0 Å². The van der Waals surface area contributed by atoms with Crippen molar-refractivity contribution in [2.75, 3.05) is 20.2 Å². The number of carbonyl (C=O) groups is 3. The van der Waals surface area contributed by atoms with Crippen molar-refractivity contribution in [3.63, 3.8) is 0 Å². The molecule has 0 aliphatic carbocycles. The highest BCUT2D eigenvalue weighted by Gasteiger charge is 2.36. The highest BCUT2D eigenvalue weighted by Crippen LogP contribution is 2.22. The van der Waals surface area contributed by atoms with Crippen molar-refractivity contribution >= 4 is 17.8 Å². The number of nitrogens with zero attached hydrogens (tertiary/aromatic N) is 1. The molecule has 7 heteroatoms. The molecule has 1 heterocycles. The van der Waals surface area contributed by atoms with Gasteiger partial charge in [-0.1, -0.05) is 30.3 Å². The highest BCUT2D eigenvalue weighted by atomic mass is 16.5. The molecular formula is C17H22N2O5. The zero-order valence-electron chi connectivity index (χ0n) is 13.6. The van der Waals surface area contributed by atoms with Crippen LogP contribution in [0.15, 0.2) is 30.3 Å². The Kier molecular flexibility index (Phi) is 6.31. The average molecular weight is 334 g/mol. The number of hydrogen-bond acceptors (Lipinski definition) is 4. The number of aliphatic carboxylic acids is 1. The number of benzene rings is 1. The zero-order chi connectivity index (χ0) is 17.5. The van der Waals surface area contributed by atoms with E-state index in [2.05, 4.69) is 5.32 Å². The summed E-state index contributed by atoms with van der Waals surface area (Å²) in [5.41, 5.74) is 0.867. The summed E-state index contributed by atoms with van der Waals surface area (Å²) in [5.74, 6) is -1.49. The summed E-state index contributed by atoms with van der Waals surface area (Å²) in [4.78, 5) is 36.7. The van der Waals surface area contributed by atoms with Gasteiger partial charge in [0.1, 0.15) is 0 Å². The van der Waals surface area contributed by atoms with Crippen LogP contribution < -0.4 is 5.32 Å². The molecule has 1 aromatic carbocycles. The first kappa shape index (κ1) is 17.9. The van der Waals surface area contributed by atoms with Crippen LogP contribution in [0.4, 0.5) is 0 Å². The summed E-state index contributed by atoms with van der Waals surface area (Å²) in [6.45, 7) is 0.208. The number of hydrogen-bond donors (Lipinski definition) is 2. The SMILES string of the molecule is COC1CC(CC(=O)O)N(C(=O)CNC(=O)Cc2ccccc2)C1. The Labute approximate surface area is 140 Å². The summed E-state index contributed by atoms with van der Waals surface area (Å²) in [7, 11) is 1.54. The molecule has 1 aromatic rings. The van der Waals surface area contributed by atoms with E-state index < -0.39 is 12.0 Å². The quantitative estimate of drug-likeness (QED) is 0.754. The van der Waals surface area contributed by atoms with E-state index in [0.717, 1.165) is 5.56 Å². The Morgan fingerprint density at radius 3 is 2.62 bits per heavy atom. The summed E-state index contributed by atoms with van der Waals surface area (Å²) >= 11 is 0. The lowest BCUT2D eigenvalue weighted by molar-refractivity contribution is -0.140. The van der Waals surface area contributed by atoms with Crippen LogP contribution in [-0.4, -0.2) is 60.1 Å². The summed E-state index contributed by atoms with van der Waals surface area (Å²) in [5, 5.41) is 11.6. The van der Waals surface area contributed by atoms with E-state index in [4.69, 9.17) is 9.84 Å². The minimum atomic E-state index is -0.956. The monoisotopic (exact) mass is 334 g/mol. The van der Waals surface area contributed by atoms with Crippen LogP contribution in [0.25, 0.3) is 0 Å². The molecule has 0 radical (unpaired) electrons. The molecule has 0 spiro atoms. The van der Waals surface area contributed by atoms with E-state index in [0.29, 0.717) is 13.0 Å². The van der Waals surface area contributed by atoms with Gasteiger partial charge in [0.25, 0.3) is 0 Å². The van der Waals surface area contributed by atoms with Gasteiger partial charge in [0.05, 0.1) is 25.5 Å². The number of methoxy groups -OCH3 is 1. The Morgan fingerprint density at radius 2 is 2.00 bits per heavy atom. The number of carboxylic acid groups (broad SMARTS) is 1. The number of likely N-dealkylation sites (tertiary alicyclic amines) is 1. The number of rotatable bonds is 7. The normalized spacial score (nSPS) is 20.0. The molecule has 0 bridgehead atoms. The second-order valence-corrected chi connectivity index (χ2v) is 5.83.